The lowest BCUT2D eigenvalue weighted by molar-refractivity contribution is -0.119. The molecule has 0 radical (unpaired) electrons. The molecule has 1 unspecified atom stereocenters. The second-order valence-corrected chi connectivity index (χ2v) is 3.81. The highest BCUT2D eigenvalue weighted by Crippen LogP contribution is 2.17. The molecule has 2 N–H and O–H groups in total. The Morgan fingerprint density at radius 3 is 3.00 bits per heavy atom. The summed E-state index contributed by atoms with van der Waals surface area (Å²) in [6.45, 7) is 2.41. The topological polar surface area (TPSA) is 54.0 Å². The van der Waals surface area contributed by atoms with Crippen LogP contribution in [0.4, 0.5) is 0 Å². The Kier molecular flexibility index (Phi) is 4.55. The Morgan fingerprint density at radius 2 is 2.50 bits per heavy atom. The van der Waals surface area contributed by atoms with E-state index in [9.17, 15) is 4.79 Å². The summed E-state index contributed by atoms with van der Waals surface area (Å²) in [5, 5.41) is 8.71. The van der Waals surface area contributed by atoms with E-state index in [1.54, 1.807) is 24.6 Å². The van der Waals surface area contributed by atoms with Crippen molar-refractivity contribution in [3.05, 3.63) is 16.6 Å². The van der Waals surface area contributed by atoms with Gasteiger partial charge in [-0.25, -0.2) is 4.98 Å². The quantitative estimate of drug-likeness (QED) is 0.765. The van der Waals surface area contributed by atoms with Crippen molar-refractivity contribution >= 4 is 17.2 Å². The van der Waals surface area contributed by atoms with E-state index in [1.807, 2.05) is 5.38 Å². The Balaban J connectivity index is 2.44. The van der Waals surface area contributed by atoms with Crippen molar-refractivity contribution < 1.29 is 4.79 Å². The van der Waals surface area contributed by atoms with Gasteiger partial charge in [-0.2, -0.15) is 0 Å². The normalized spacial score (nSPS) is 12.4. The second kappa shape index (κ2) is 5.72. The van der Waals surface area contributed by atoms with Gasteiger partial charge in [-0.3, -0.25) is 10.1 Å². The predicted octanol–water partition coefficient (Wildman–Crippen LogP) is 0.930. The van der Waals surface area contributed by atoms with Crippen LogP contribution in [0.15, 0.2) is 11.6 Å². The fraction of sp³-hybridized carbons (Fsp3) is 0.556. The number of hydrogen-bond donors (Lipinski definition) is 2. The molecule has 0 aliphatic rings. The second-order valence-electron chi connectivity index (χ2n) is 2.89. The maximum atomic E-state index is 11.0. The molecule has 1 aromatic heterocycles. The summed E-state index contributed by atoms with van der Waals surface area (Å²) in [7, 11) is 1.63. The molecule has 78 valence electrons. The standard InChI is InChI=1S/C9H15N3OS/c1-3-7(9-11-4-5-14-9)12-6-8(13)10-2/h4-5,7,12H,3,6H2,1-2H3,(H,10,13). The number of nitrogens with zero attached hydrogens (tertiary/aromatic N) is 1. The number of carbonyl (C=O) groups is 1. The summed E-state index contributed by atoms with van der Waals surface area (Å²) in [6, 6.07) is 0.187. The van der Waals surface area contributed by atoms with Crippen LogP contribution in [0.5, 0.6) is 0 Å². The van der Waals surface area contributed by atoms with E-state index in [2.05, 4.69) is 22.5 Å². The molecule has 0 fully saturated rings. The maximum Gasteiger partial charge on any atom is 0.233 e. The number of aromatic nitrogens is 1. The smallest absolute Gasteiger partial charge is 0.233 e. The minimum absolute atomic E-state index is 0.00000567. The van der Waals surface area contributed by atoms with Crippen LogP contribution < -0.4 is 10.6 Å². The average molecular weight is 213 g/mol. The van der Waals surface area contributed by atoms with Crippen molar-refractivity contribution in [2.24, 2.45) is 0 Å². The van der Waals surface area contributed by atoms with Crippen LogP contribution in [0, 0.1) is 0 Å². The Labute approximate surface area is 87.7 Å². The third-order valence-corrected chi connectivity index (χ3v) is 2.83. The highest BCUT2D eigenvalue weighted by atomic mass is 32.1. The molecule has 1 aromatic rings. The maximum absolute atomic E-state index is 11.0. The molecule has 1 atom stereocenters. The lowest BCUT2D eigenvalue weighted by Crippen LogP contribution is -2.33. The van der Waals surface area contributed by atoms with Gasteiger partial charge in [-0.15, -0.1) is 11.3 Å². The molecular formula is C9H15N3OS. The van der Waals surface area contributed by atoms with Crippen LogP contribution in [0.3, 0.4) is 0 Å². The van der Waals surface area contributed by atoms with Crippen LogP contribution in [0.25, 0.3) is 0 Å². The third-order valence-electron chi connectivity index (χ3n) is 1.95. The summed E-state index contributed by atoms with van der Waals surface area (Å²) >= 11 is 1.61. The van der Waals surface area contributed by atoms with Gasteiger partial charge in [0.2, 0.25) is 5.91 Å². The van der Waals surface area contributed by atoms with E-state index in [0.29, 0.717) is 6.54 Å². The molecule has 0 spiro atoms. The molecule has 1 rings (SSSR count). The molecule has 1 amide bonds. The summed E-state index contributed by atoms with van der Waals surface area (Å²) in [5.41, 5.74) is 0. The van der Waals surface area contributed by atoms with Gasteiger partial charge in [0.05, 0.1) is 12.6 Å². The van der Waals surface area contributed by atoms with E-state index in [1.165, 1.54) is 0 Å². The van der Waals surface area contributed by atoms with E-state index < -0.39 is 0 Å². The Bertz CT molecular complexity index is 274. The van der Waals surface area contributed by atoms with Gasteiger partial charge in [-0.05, 0) is 6.42 Å². The molecule has 0 aromatic carbocycles. The average Bonchev–Trinajstić information content (AvgIpc) is 2.72. The minimum atomic E-state index is 0.00000567. The molecular weight excluding hydrogens is 198 g/mol. The molecule has 0 saturated carbocycles. The van der Waals surface area contributed by atoms with Crippen molar-refractivity contribution in [1.82, 2.24) is 15.6 Å². The predicted molar refractivity (Wildman–Crippen MR) is 57.2 cm³/mol. The molecule has 0 bridgehead atoms. The molecule has 4 nitrogen and oxygen atoms in total. The van der Waals surface area contributed by atoms with Crippen LogP contribution in [-0.4, -0.2) is 24.5 Å². The first-order chi connectivity index (χ1) is 6.77. The van der Waals surface area contributed by atoms with Gasteiger partial charge in [0.25, 0.3) is 0 Å². The monoisotopic (exact) mass is 213 g/mol. The van der Waals surface area contributed by atoms with Gasteiger partial charge >= 0.3 is 0 Å². The summed E-state index contributed by atoms with van der Waals surface area (Å²) < 4.78 is 0. The Morgan fingerprint density at radius 1 is 1.71 bits per heavy atom. The zero-order valence-corrected chi connectivity index (χ0v) is 9.23. The highest BCUT2D eigenvalue weighted by Gasteiger charge is 2.11. The zero-order valence-electron chi connectivity index (χ0n) is 8.41. The Hall–Kier alpha value is -0.940. The van der Waals surface area contributed by atoms with Crippen LogP contribution in [-0.2, 0) is 4.79 Å². The number of thiazole rings is 1. The number of likely N-dealkylation sites (N-methyl/N-ethyl adjacent to an activating group) is 1. The highest BCUT2D eigenvalue weighted by molar-refractivity contribution is 7.09. The van der Waals surface area contributed by atoms with Gasteiger partial charge in [0.15, 0.2) is 0 Å². The van der Waals surface area contributed by atoms with Gasteiger partial charge < -0.3 is 5.32 Å². The van der Waals surface area contributed by atoms with Crippen LogP contribution in [0.1, 0.15) is 24.4 Å². The molecule has 5 heteroatoms. The fourth-order valence-corrected chi connectivity index (χ4v) is 1.91. The van der Waals surface area contributed by atoms with Crippen molar-refractivity contribution in [2.45, 2.75) is 19.4 Å². The SMILES string of the molecule is CCC(NCC(=O)NC)c1nccs1. The van der Waals surface area contributed by atoms with E-state index in [4.69, 9.17) is 0 Å². The zero-order chi connectivity index (χ0) is 10.4. The van der Waals surface area contributed by atoms with Crippen molar-refractivity contribution in [2.75, 3.05) is 13.6 Å². The fourth-order valence-electron chi connectivity index (χ4n) is 1.12. The first-order valence-corrected chi connectivity index (χ1v) is 5.49. The van der Waals surface area contributed by atoms with Crippen molar-refractivity contribution in [3.8, 4) is 0 Å². The largest absolute Gasteiger partial charge is 0.358 e. The van der Waals surface area contributed by atoms with Crippen LogP contribution in [0.2, 0.25) is 0 Å². The minimum Gasteiger partial charge on any atom is -0.358 e. The van der Waals surface area contributed by atoms with Crippen molar-refractivity contribution in [1.29, 1.82) is 0 Å². The molecule has 0 aliphatic heterocycles. The first kappa shape index (κ1) is 11.1. The number of hydrogen-bond acceptors (Lipinski definition) is 4. The molecule has 14 heavy (non-hydrogen) atoms. The first-order valence-electron chi connectivity index (χ1n) is 4.61. The van der Waals surface area contributed by atoms with E-state index in [-0.39, 0.29) is 11.9 Å². The summed E-state index contributed by atoms with van der Waals surface area (Å²) in [6.07, 6.45) is 2.72. The molecule has 0 aliphatic carbocycles. The van der Waals surface area contributed by atoms with E-state index in [0.717, 1.165) is 11.4 Å². The van der Waals surface area contributed by atoms with Gasteiger partial charge in [0, 0.05) is 18.6 Å². The molecule has 0 saturated heterocycles. The van der Waals surface area contributed by atoms with Gasteiger partial charge in [-0.1, -0.05) is 6.92 Å². The number of nitrogens with one attached hydrogen (secondary N) is 2. The van der Waals surface area contributed by atoms with E-state index >= 15 is 0 Å². The lowest BCUT2D eigenvalue weighted by atomic mass is 10.2. The van der Waals surface area contributed by atoms with Crippen LogP contribution >= 0.6 is 11.3 Å². The lowest BCUT2D eigenvalue weighted by Gasteiger charge is -2.13. The number of rotatable bonds is 5. The summed E-state index contributed by atoms with van der Waals surface area (Å²) in [4.78, 5) is 15.2. The molecule has 1 heterocycles. The van der Waals surface area contributed by atoms with Crippen molar-refractivity contribution in [3.63, 3.8) is 0 Å². The van der Waals surface area contributed by atoms with Gasteiger partial charge in [0.1, 0.15) is 5.01 Å². The number of carbonyl (C=O) groups excluding carboxylic acids is 1. The summed E-state index contributed by atoms with van der Waals surface area (Å²) in [5.74, 6) is 0.00000567. The number of amides is 1. The third kappa shape index (κ3) is 3.08.